The van der Waals surface area contributed by atoms with E-state index in [1.807, 2.05) is 31.2 Å². The summed E-state index contributed by atoms with van der Waals surface area (Å²) in [5.41, 5.74) is 0.767. The number of benzene rings is 1. The highest BCUT2D eigenvalue weighted by atomic mass is 32.1. The van der Waals surface area contributed by atoms with Crippen molar-refractivity contribution >= 4 is 22.9 Å². The highest BCUT2D eigenvalue weighted by Gasteiger charge is 2.18. The standard InChI is InChI=1S/C18H23NO4S/c1-13-5-7-15(24-13)12-18(20)19(9-10-21-2)14-6-8-16(22-3)17(11-14)23-4/h5-8,11H,9-10,12H2,1-4H3. The van der Waals surface area contributed by atoms with E-state index in [0.717, 1.165) is 10.6 Å². The highest BCUT2D eigenvalue weighted by Crippen LogP contribution is 2.32. The second-order valence-electron chi connectivity index (χ2n) is 5.27. The van der Waals surface area contributed by atoms with Crippen molar-refractivity contribution in [3.63, 3.8) is 0 Å². The lowest BCUT2D eigenvalue weighted by Crippen LogP contribution is -2.35. The number of anilines is 1. The summed E-state index contributed by atoms with van der Waals surface area (Å²) in [6.45, 7) is 2.98. The van der Waals surface area contributed by atoms with Crippen LogP contribution >= 0.6 is 11.3 Å². The summed E-state index contributed by atoms with van der Waals surface area (Å²) in [4.78, 5) is 16.8. The third-order valence-corrected chi connectivity index (χ3v) is 4.62. The maximum absolute atomic E-state index is 12.8. The Morgan fingerprint density at radius 3 is 2.42 bits per heavy atom. The molecule has 0 aliphatic rings. The van der Waals surface area contributed by atoms with Crippen LogP contribution in [0.5, 0.6) is 11.5 Å². The minimum absolute atomic E-state index is 0.0288. The summed E-state index contributed by atoms with van der Waals surface area (Å²) in [6.07, 6.45) is 0.372. The zero-order valence-corrected chi connectivity index (χ0v) is 15.3. The Bertz CT molecular complexity index is 683. The molecule has 1 aromatic carbocycles. The van der Waals surface area contributed by atoms with Gasteiger partial charge in [0, 0.05) is 35.2 Å². The van der Waals surface area contributed by atoms with Gasteiger partial charge in [0.2, 0.25) is 5.91 Å². The van der Waals surface area contributed by atoms with E-state index in [2.05, 4.69) is 0 Å². The Morgan fingerprint density at radius 2 is 1.83 bits per heavy atom. The fourth-order valence-corrected chi connectivity index (χ4v) is 3.28. The molecule has 1 amide bonds. The molecule has 0 aliphatic heterocycles. The molecule has 1 heterocycles. The minimum Gasteiger partial charge on any atom is -0.493 e. The predicted molar refractivity (Wildman–Crippen MR) is 96.5 cm³/mol. The number of nitrogens with zero attached hydrogens (tertiary/aromatic N) is 1. The quantitative estimate of drug-likeness (QED) is 0.734. The normalized spacial score (nSPS) is 10.5. The van der Waals surface area contributed by atoms with Gasteiger partial charge in [-0.15, -0.1) is 11.3 Å². The predicted octanol–water partition coefficient (Wildman–Crippen LogP) is 3.30. The summed E-state index contributed by atoms with van der Waals surface area (Å²) in [7, 11) is 4.79. The molecule has 2 rings (SSSR count). The van der Waals surface area contributed by atoms with E-state index in [0.29, 0.717) is 31.1 Å². The maximum atomic E-state index is 12.8. The van der Waals surface area contributed by atoms with Gasteiger partial charge in [0.05, 0.1) is 27.2 Å². The Balaban J connectivity index is 2.25. The molecule has 0 N–H and O–H groups in total. The molecule has 130 valence electrons. The van der Waals surface area contributed by atoms with Crippen LogP contribution in [-0.2, 0) is 16.0 Å². The van der Waals surface area contributed by atoms with Crippen molar-refractivity contribution in [1.29, 1.82) is 0 Å². The van der Waals surface area contributed by atoms with Gasteiger partial charge in [0.25, 0.3) is 0 Å². The van der Waals surface area contributed by atoms with E-state index in [4.69, 9.17) is 14.2 Å². The fraction of sp³-hybridized carbons (Fsp3) is 0.389. The number of ether oxygens (including phenoxy) is 3. The molecule has 0 atom stereocenters. The number of carbonyl (C=O) groups is 1. The number of carbonyl (C=O) groups excluding carboxylic acids is 1. The smallest absolute Gasteiger partial charge is 0.232 e. The molecule has 0 saturated carbocycles. The maximum Gasteiger partial charge on any atom is 0.232 e. The van der Waals surface area contributed by atoms with Crippen LogP contribution in [0.4, 0.5) is 5.69 Å². The number of aryl methyl sites for hydroxylation is 1. The van der Waals surface area contributed by atoms with Gasteiger partial charge in [-0.05, 0) is 31.2 Å². The molecule has 6 heteroatoms. The number of amides is 1. The van der Waals surface area contributed by atoms with E-state index in [1.54, 1.807) is 43.6 Å². The molecule has 0 saturated heterocycles. The van der Waals surface area contributed by atoms with Crippen LogP contribution in [0.3, 0.4) is 0 Å². The third-order valence-electron chi connectivity index (χ3n) is 3.62. The van der Waals surface area contributed by atoms with E-state index in [1.165, 1.54) is 4.88 Å². The lowest BCUT2D eigenvalue weighted by Gasteiger charge is -2.23. The molecule has 0 bridgehead atoms. The van der Waals surface area contributed by atoms with Crippen LogP contribution in [0.15, 0.2) is 30.3 Å². The lowest BCUT2D eigenvalue weighted by molar-refractivity contribution is -0.118. The Morgan fingerprint density at radius 1 is 1.08 bits per heavy atom. The molecule has 0 radical (unpaired) electrons. The molecule has 1 aromatic heterocycles. The molecule has 5 nitrogen and oxygen atoms in total. The zero-order chi connectivity index (χ0) is 17.5. The van der Waals surface area contributed by atoms with Crippen LogP contribution in [0, 0.1) is 6.92 Å². The topological polar surface area (TPSA) is 48.0 Å². The van der Waals surface area contributed by atoms with Crippen molar-refractivity contribution in [2.24, 2.45) is 0 Å². The van der Waals surface area contributed by atoms with Crippen LogP contribution in [-0.4, -0.2) is 40.4 Å². The van der Waals surface area contributed by atoms with Crippen LogP contribution < -0.4 is 14.4 Å². The van der Waals surface area contributed by atoms with Gasteiger partial charge in [-0.1, -0.05) is 0 Å². The van der Waals surface area contributed by atoms with Gasteiger partial charge in [-0.2, -0.15) is 0 Å². The molecule has 0 unspecified atom stereocenters. The minimum atomic E-state index is 0.0288. The molecule has 2 aromatic rings. The number of rotatable bonds is 8. The molecular formula is C18H23NO4S. The zero-order valence-electron chi connectivity index (χ0n) is 14.5. The largest absolute Gasteiger partial charge is 0.493 e. The van der Waals surface area contributed by atoms with Crippen molar-refractivity contribution in [2.45, 2.75) is 13.3 Å². The second kappa shape index (κ2) is 8.70. The number of hydrogen-bond acceptors (Lipinski definition) is 5. The average Bonchev–Trinajstić information content (AvgIpc) is 2.99. The first-order valence-corrected chi connectivity index (χ1v) is 8.47. The van der Waals surface area contributed by atoms with Gasteiger partial charge >= 0.3 is 0 Å². The Labute approximate surface area is 146 Å². The van der Waals surface area contributed by atoms with E-state index in [9.17, 15) is 4.79 Å². The van der Waals surface area contributed by atoms with Gasteiger partial charge in [0.15, 0.2) is 11.5 Å². The monoisotopic (exact) mass is 349 g/mol. The SMILES string of the molecule is COCCN(C(=O)Cc1ccc(C)s1)c1ccc(OC)c(OC)c1. The first-order chi connectivity index (χ1) is 11.6. The Kier molecular flexibility index (Phi) is 6.63. The first-order valence-electron chi connectivity index (χ1n) is 7.65. The summed E-state index contributed by atoms with van der Waals surface area (Å²) in [6, 6.07) is 9.50. The first kappa shape index (κ1) is 18.3. The van der Waals surface area contributed by atoms with Crippen molar-refractivity contribution in [3.05, 3.63) is 40.1 Å². The second-order valence-corrected chi connectivity index (χ2v) is 6.64. The summed E-state index contributed by atoms with van der Waals surface area (Å²) in [5.74, 6) is 1.26. The highest BCUT2D eigenvalue weighted by molar-refractivity contribution is 7.12. The van der Waals surface area contributed by atoms with Gasteiger partial charge in [-0.3, -0.25) is 4.79 Å². The van der Waals surface area contributed by atoms with Crippen molar-refractivity contribution in [1.82, 2.24) is 0 Å². The Hall–Kier alpha value is -2.05. The number of hydrogen-bond donors (Lipinski definition) is 0. The van der Waals surface area contributed by atoms with Crippen LogP contribution in [0.25, 0.3) is 0 Å². The summed E-state index contributed by atoms with van der Waals surface area (Å²) >= 11 is 1.64. The third kappa shape index (κ3) is 4.49. The van der Waals surface area contributed by atoms with E-state index in [-0.39, 0.29) is 5.91 Å². The lowest BCUT2D eigenvalue weighted by atomic mass is 10.2. The van der Waals surface area contributed by atoms with Crippen molar-refractivity contribution in [2.75, 3.05) is 39.4 Å². The van der Waals surface area contributed by atoms with E-state index < -0.39 is 0 Å². The van der Waals surface area contributed by atoms with Crippen LogP contribution in [0.1, 0.15) is 9.75 Å². The van der Waals surface area contributed by atoms with Gasteiger partial charge in [0.1, 0.15) is 0 Å². The molecule has 0 spiro atoms. The number of methoxy groups -OCH3 is 3. The fourth-order valence-electron chi connectivity index (χ4n) is 2.40. The van der Waals surface area contributed by atoms with Gasteiger partial charge < -0.3 is 19.1 Å². The van der Waals surface area contributed by atoms with Crippen LogP contribution in [0.2, 0.25) is 0 Å². The summed E-state index contributed by atoms with van der Waals surface area (Å²) < 4.78 is 15.8. The van der Waals surface area contributed by atoms with Crippen molar-refractivity contribution in [3.8, 4) is 11.5 Å². The number of thiophene rings is 1. The molecule has 24 heavy (non-hydrogen) atoms. The van der Waals surface area contributed by atoms with E-state index >= 15 is 0 Å². The average molecular weight is 349 g/mol. The summed E-state index contributed by atoms with van der Waals surface area (Å²) in [5, 5.41) is 0. The molecule has 0 fully saturated rings. The molecular weight excluding hydrogens is 326 g/mol. The molecule has 0 aliphatic carbocycles. The van der Waals surface area contributed by atoms with Gasteiger partial charge in [-0.25, -0.2) is 0 Å². The van der Waals surface area contributed by atoms with Crippen molar-refractivity contribution < 1.29 is 19.0 Å².